The summed E-state index contributed by atoms with van der Waals surface area (Å²) in [6.07, 6.45) is 1.78. The summed E-state index contributed by atoms with van der Waals surface area (Å²) in [5, 5.41) is 4.09. The maximum absolute atomic E-state index is 13.6. The standard InChI is InChI=1S/C39H37N5O5S/c1-24-17-32(22-33-35(24)41-23-34(37(40)46)36(33)42-29-10-6-11-30(21-29)49-3)50-31-12-5-9-28(20-31)39(48)44-15-13-43(14-16-44)38(47)27-8-4-7-26(19-27)18-25(2)45/h4-12,17,19-23H,13-16,18H2,1-3H3,(H2,40,46)(H,41,42). The Labute approximate surface area is 294 Å². The number of nitrogens with zero attached hydrogens (tertiary/aromatic N) is 3. The number of primary amides is 1. The molecule has 4 aromatic carbocycles. The third-order valence-corrected chi connectivity index (χ3v) is 9.50. The topological polar surface area (TPSA) is 135 Å². The molecule has 1 fully saturated rings. The second kappa shape index (κ2) is 14.8. The van der Waals surface area contributed by atoms with Crippen LogP contribution in [0.25, 0.3) is 10.9 Å². The van der Waals surface area contributed by atoms with Crippen molar-refractivity contribution in [2.24, 2.45) is 5.73 Å². The molecule has 0 spiro atoms. The van der Waals surface area contributed by atoms with E-state index in [0.717, 1.165) is 37.5 Å². The van der Waals surface area contributed by atoms with E-state index in [0.29, 0.717) is 48.7 Å². The van der Waals surface area contributed by atoms with E-state index in [1.54, 1.807) is 41.2 Å². The largest absolute Gasteiger partial charge is 0.497 e. The Bertz CT molecular complexity index is 2130. The van der Waals surface area contributed by atoms with Crippen molar-refractivity contribution in [1.82, 2.24) is 14.8 Å². The van der Waals surface area contributed by atoms with Gasteiger partial charge >= 0.3 is 0 Å². The summed E-state index contributed by atoms with van der Waals surface area (Å²) in [5.74, 6) is -0.0984. The zero-order chi connectivity index (χ0) is 35.4. The molecule has 254 valence electrons. The molecular formula is C39H37N5O5S. The highest BCUT2D eigenvalue weighted by Crippen LogP contribution is 2.37. The van der Waals surface area contributed by atoms with Crippen LogP contribution in [-0.4, -0.2) is 71.6 Å². The van der Waals surface area contributed by atoms with Gasteiger partial charge in [-0.2, -0.15) is 0 Å². The Hall–Kier alpha value is -5.68. The number of aromatic nitrogens is 1. The molecule has 3 N–H and O–H groups in total. The Kier molecular flexibility index (Phi) is 10.1. The summed E-state index contributed by atoms with van der Waals surface area (Å²) < 4.78 is 5.37. The van der Waals surface area contributed by atoms with E-state index >= 15 is 0 Å². The van der Waals surface area contributed by atoms with Crippen LogP contribution in [0.3, 0.4) is 0 Å². The van der Waals surface area contributed by atoms with Gasteiger partial charge in [-0.05, 0) is 79.6 Å². The molecule has 0 atom stereocenters. The number of ketones is 1. The number of rotatable bonds is 10. The van der Waals surface area contributed by atoms with Gasteiger partial charge < -0.3 is 25.6 Å². The summed E-state index contributed by atoms with van der Waals surface area (Å²) in [6, 6.07) is 26.0. The van der Waals surface area contributed by atoms with Crippen LogP contribution in [-0.2, 0) is 11.2 Å². The Balaban J connectivity index is 1.18. The number of pyridine rings is 1. The second-order valence-corrected chi connectivity index (χ2v) is 13.3. The minimum atomic E-state index is -0.601. The lowest BCUT2D eigenvalue weighted by molar-refractivity contribution is -0.116. The van der Waals surface area contributed by atoms with E-state index < -0.39 is 5.91 Å². The number of amides is 3. The summed E-state index contributed by atoms with van der Waals surface area (Å²) in [4.78, 5) is 60.7. The van der Waals surface area contributed by atoms with Gasteiger partial charge in [0.2, 0.25) is 0 Å². The number of anilines is 2. The van der Waals surface area contributed by atoms with Crippen LogP contribution in [0.1, 0.15) is 49.1 Å². The molecule has 50 heavy (non-hydrogen) atoms. The van der Waals surface area contributed by atoms with Crippen molar-refractivity contribution in [1.29, 1.82) is 0 Å². The van der Waals surface area contributed by atoms with E-state index in [9.17, 15) is 19.2 Å². The lowest BCUT2D eigenvalue weighted by Crippen LogP contribution is -2.50. The number of Topliss-reactive ketones (excluding diaryl/α,β-unsaturated/α-hetero) is 1. The smallest absolute Gasteiger partial charge is 0.254 e. The third kappa shape index (κ3) is 7.63. The maximum atomic E-state index is 13.6. The first kappa shape index (κ1) is 34.2. The van der Waals surface area contributed by atoms with Crippen molar-refractivity contribution >= 4 is 57.5 Å². The van der Waals surface area contributed by atoms with Gasteiger partial charge in [-0.25, -0.2) is 0 Å². The van der Waals surface area contributed by atoms with Crippen LogP contribution >= 0.6 is 11.8 Å². The van der Waals surface area contributed by atoms with E-state index in [1.165, 1.54) is 24.9 Å². The number of fused-ring (bicyclic) bond motifs is 1. The normalized spacial score (nSPS) is 12.9. The van der Waals surface area contributed by atoms with Gasteiger partial charge in [0.25, 0.3) is 17.7 Å². The van der Waals surface area contributed by atoms with Gasteiger partial charge in [0.05, 0.1) is 23.9 Å². The zero-order valence-electron chi connectivity index (χ0n) is 28.1. The molecule has 0 aliphatic carbocycles. The predicted octanol–water partition coefficient (Wildman–Crippen LogP) is 6.28. The summed E-state index contributed by atoms with van der Waals surface area (Å²) in [6.45, 7) is 5.15. The lowest BCUT2D eigenvalue weighted by Gasteiger charge is -2.35. The fourth-order valence-corrected chi connectivity index (χ4v) is 7.10. The molecule has 1 aromatic heterocycles. The quantitative estimate of drug-likeness (QED) is 0.175. The summed E-state index contributed by atoms with van der Waals surface area (Å²) in [5.41, 5.74) is 10.9. The number of methoxy groups -OCH3 is 1. The molecule has 0 saturated carbocycles. The third-order valence-electron chi connectivity index (χ3n) is 8.54. The van der Waals surface area contributed by atoms with Gasteiger partial charge in [-0.15, -0.1) is 0 Å². The zero-order valence-corrected chi connectivity index (χ0v) is 28.9. The fraction of sp³-hybridized carbons (Fsp3) is 0.205. The molecule has 1 aliphatic heterocycles. The maximum Gasteiger partial charge on any atom is 0.254 e. The van der Waals surface area contributed by atoms with Crippen molar-refractivity contribution in [3.05, 3.63) is 119 Å². The summed E-state index contributed by atoms with van der Waals surface area (Å²) in [7, 11) is 1.59. The Morgan fingerprint density at radius 1 is 0.840 bits per heavy atom. The first-order chi connectivity index (χ1) is 24.1. The predicted molar refractivity (Wildman–Crippen MR) is 194 cm³/mol. The van der Waals surface area contributed by atoms with Crippen LogP contribution in [0.2, 0.25) is 0 Å². The van der Waals surface area contributed by atoms with Gasteiger partial charge in [0.15, 0.2) is 0 Å². The van der Waals surface area contributed by atoms with Crippen LogP contribution in [0.5, 0.6) is 5.75 Å². The number of benzene rings is 4. The number of piperazine rings is 1. The highest BCUT2D eigenvalue weighted by atomic mass is 32.2. The van der Waals surface area contributed by atoms with E-state index in [2.05, 4.69) is 10.3 Å². The van der Waals surface area contributed by atoms with E-state index in [1.807, 2.05) is 67.6 Å². The molecule has 2 heterocycles. The Morgan fingerprint density at radius 3 is 2.16 bits per heavy atom. The van der Waals surface area contributed by atoms with Crippen LogP contribution in [0, 0.1) is 6.92 Å². The highest BCUT2D eigenvalue weighted by molar-refractivity contribution is 7.99. The fourth-order valence-electron chi connectivity index (χ4n) is 6.08. The Morgan fingerprint density at radius 2 is 1.50 bits per heavy atom. The minimum Gasteiger partial charge on any atom is -0.497 e. The molecule has 1 aliphatic rings. The van der Waals surface area contributed by atoms with Gasteiger partial charge in [0.1, 0.15) is 11.5 Å². The SMILES string of the molecule is COc1cccc(Nc2c(C(N)=O)cnc3c(C)cc(Sc4cccc(C(=O)N5CCN(C(=O)c6cccc(CC(C)=O)c6)CC5)c4)cc23)c1. The van der Waals surface area contributed by atoms with Crippen molar-refractivity contribution in [3.63, 3.8) is 0 Å². The van der Waals surface area contributed by atoms with Gasteiger partial charge in [-0.3, -0.25) is 24.2 Å². The molecule has 0 bridgehead atoms. The number of aryl methyl sites for hydroxylation is 1. The first-order valence-electron chi connectivity index (χ1n) is 16.2. The number of nitrogens with one attached hydrogen (secondary N) is 1. The first-order valence-corrected chi connectivity index (χ1v) is 17.0. The number of carbonyl (C=O) groups is 4. The monoisotopic (exact) mass is 687 g/mol. The minimum absolute atomic E-state index is 0.0413. The molecule has 0 radical (unpaired) electrons. The average Bonchev–Trinajstić information content (AvgIpc) is 3.11. The van der Waals surface area contributed by atoms with Crippen molar-refractivity contribution in [2.75, 3.05) is 38.6 Å². The number of hydrogen-bond acceptors (Lipinski definition) is 8. The molecular weight excluding hydrogens is 651 g/mol. The molecule has 11 heteroatoms. The van der Waals surface area contributed by atoms with Crippen LogP contribution < -0.4 is 15.8 Å². The number of carbonyl (C=O) groups excluding carboxylic acids is 4. The molecule has 6 rings (SSSR count). The van der Waals surface area contributed by atoms with E-state index in [4.69, 9.17) is 10.5 Å². The van der Waals surface area contributed by atoms with E-state index in [-0.39, 0.29) is 29.6 Å². The number of nitrogens with two attached hydrogens (primary N) is 1. The molecule has 0 unspecified atom stereocenters. The van der Waals surface area contributed by atoms with Gasteiger partial charge in [0, 0.05) is 76.9 Å². The van der Waals surface area contributed by atoms with Crippen molar-refractivity contribution < 1.29 is 23.9 Å². The average molecular weight is 688 g/mol. The molecule has 1 saturated heterocycles. The summed E-state index contributed by atoms with van der Waals surface area (Å²) >= 11 is 1.50. The number of hydrogen-bond donors (Lipinski definition) is 2. The van der Waals surface area contributed by atoms with Crippen LogP contribution in [0.15, 0.2) is 101 Å². The second-order valence-electron chi connectivity index (χ2n) is 12.2. The molecule has 10 nitrogen and oxygen atoms in total. The van der Waals surface area contributed by atoms with Crippen LogP contribution in [0.4, 0.5) is 11.4 Å². The lowest BCUT2D eigenvalue weighted by atomic mass is 10.1. The highest BCUT2D eigenvalue weighted by Gasteiger charge is 2.26. The molecule has 5 aromatic rings. The van der Waals surface area contributed by atoms with Crippen molar-refractivity contribution in [3.8, 4) is 5.75 Å². The van der Waals surface area contributed by atoms with Crippen molar-refractivity contribution in [2.45, 2.75) is 30.1 Å². The molecule has 3 amide bonds. The van der Waals surface area contributed by atoms with Gasteiger partial charge in [-0.1, -0.05) is 36.0 Å². The number of ether oxygens (including phenoxy) is 1.